The Morgan fingerprint density at radius 2 is 1.00 bits per heavy atom. The van der Waals surface area contributed by atoms with Crippen molar-refractivity contribution < 1.29 is 4.74 Å². The molecule has 0 amide bonds. The van der Waals surface area contributed by atoms with Crippen molar-refractivity contribution in [3.05, 3.63) is 36.5 Å². The van der Waals surface area contributed by atoms with Crippen LogP contribution in [0.1, 0.15) is 168 Å². The van der Waals surface area contributed by atoms with Crippen LogP contribution >= 0.6 is 12.2 Å². The van der Waals surface area contributed by atoms with E-state index in [-0.39, 0.29) is 6.10 Å². The summed E-state index contributed by atoms with van der Waals surface area (Å²) in [7, 11) is 4.27. The van der Waals surface area contributed by atoms with Gasteiger partial charge in [0.1, 0.15) is 6.10 Å². The normalized spacial score (nSPS) is 12.9. The highest BCUT2D eigenvalue weighted by Gasteiger charge is 2.23. The molecule has 1 atom stereocenters. The molecular formula is C39H74N2OS. The van der Waals surface area contributed by atoms with Crippen molar-refractivity contribution in [1.29, 1.82) is 0 Å². The van der Waals surface area contributed by atoms with Crippen LogP contribution in [0.25, 0.3) is 0 Å². The van der Waals surface area contributed by atoms with Gasteiger partial charge in [0.25, 0.3) is 5.17 Å². The Bertz CT molecular complexity index is 646. The molecule has 0 radical (unpaired) electrons. The second kappa shape index (κ2) is 33.8. The van der Waals surface area contributed by atoms with Crippen LogP contribution in [0.15, 0.2) is 36.5 Å². The smallest absolute Gasteiger partial charge is 0.256 e. The molecular weight excluding hydrogens is 545 g/mol. The Labute approximate surface area is 275 Å². The minimum Gasteiger partial charge on any atom is -0.467 e. The summed E-state index contributed by atoms with van der Waals surface area (Å²) in [4.78, 5) is 2.24. The fraction of sp³-hybridized carbons (Fsp3) is 0.821. The first kappa shape index (κ1) is 41.9. The van der Waals surface area contributed by atoms with Crippen molar-refractivity contribution in [2.24, 2.45) is 5.92 Å². The Balaban J connectivity index is 5.14. The van der Waals surface area contributed by atoms with Crippen LogP contribution in [-0.2, 0) is 4.74 Å². The highest BCUT2D eigenvalue weighted by atomic mass is 32.1. The standard InChI is InChI=1S/C39H74N2OS/c1-6-9-12-15-18-21-24-27-32-37(33-28-25-22-19-16-13-10-7-2)38(34-29-26-23-20-17-14-11-8-3)42-39(43)40-35-30-31-36-41(4)5/h18-23,37-38H,6-17,24-36H2,1-5H3,(H,40,43)/b21-18-,22-19-,23-20-. The number of hydrogen-bond donors (Lipinski definition) is 1. The summed E-state index contributed by atoms with van der Waals surface area (Å²) < 4.78 is 6.59. The fourth-order valence-electron chi connectivity index (χ4n) is 5.51. The molecule has 0 heterocycles. The third-order valence-electron chi connectivity index (χ3n) is 8.26. The van der Waals surface area contributed by atoms with E-state index in [0.717, 1.165) is 32.4 Å². The second-order valence-corrected chi connectivity index (χ2v) is 13.2. The molecule has 252 valence electrons. The zero-order chi connectivity index (χ0) is 31.6. The summed E-state index contributed by atoms with van der Waals surface area (Å²) in [6.07, 6.45) is 43.2. The van der Waals surface area contributed by atoms with E-state index < -0.39 is 0 Å². The molecule has 0 saturated heterocycles. The van der Waals surface area contributed by atoms with Crippen molar-refractivity contribution in [2.75, 3.05) is 27.2 Å². The lowest BCUT2D eigenvalue weighted by molar-refractivity contribution is 0.0956. The SMILES string of the molecule is CCCCC/C=C\CCCC(CCC/C=C\CCCCC)C(CCC/C=C\CCCCC)OC(=S)NCCCCN(C)C. The molecule has 1 N–H and O–H groups in total. The number of ether oxygens (including phenoxy) is 1. The predicted octanol–water partition coefficient (Wildman–Crippen LogP) is 12.1. The molecule has 1 unspecified atom stereocenters. The van der Waals surface area contributed by atoms with Crippen LogP contribution in [0.2, 0.25) is 0 Å². The third-order valence-corrected chi connectivity index (χ3v) is 8.50. The van der Waals surface area contributed by atoms with Gasteiger partial charge in [0.05, 0.1) is 0 Å². The van der Waals surface area contributed by atoms with Crippen LogP contribution in [0, 0.1) is 5.92 Å². The summed E-state index contributed by atoms with van der Waals surface area (Å²) in [5.74, 6) is 0.559. The summed E-state index contributed by atoms with van der Waals surface area (Å²) in [5.41, 5.74) is 0. The first-order chi connectivity index (χ1) is 21.0. The topological polar surface area (TPSA) is 24.5 Å². The van der Waals surface area contributed by atoms with Gasteiger partial charge in [-0.3, -0.25) is 0 Å². The van der Waals surface area contributed by atoms with Gasteiger partial charge in [-0.05, 0) is 148 Å². The Hall–Kier alpha value is -1.13. The monoisotopic (exact) mass is 619 g/mol. The van der Waals surface area contributed by atoms with E-state index >= 15 is 0 Å². The van der Waals surface area contributed by atoms with Gasteiger partial charge >= 0.3 is 0 Å². The minimum absolute atomic E-state index is 0.206. The van der Waals surface area contributed by atoms with Crippen molar-refractivity contribution in [1.82, 2.24) is 10.2 Å². The molecule has 0 aliphatic heterocycles. The summed E-state index contributed by atoms with van der Waals surface area (Å²) in [6, 6.07) is 0. The Kier molecular flexibility index (Phi) is 32.9. The van der Waals surface area contributed by atoms with Gasteiger partial charge in [-0.15, -0.1) is 0 Å². The predicted molar refractivity (Wildman–Crippen MR) is 198 cm³/mol. The van der Waals surface area contributed by atoms with Gasteiger partial charge < -0.3 is 15.0 Å². The van der Waals surface area contributed by atoms with E-state index in [1.807, 2.05) is 0 Å². The maximum atomic E-state index is 6.59. The van der Waals surface area contributed by atoms with E-state index in [0.29, 0.717) is 11.1 Å². The molecule has 4 heteroatoms. The highest BCUT2D eigenvalue weighted by molar-refractivity contribution is 7.80. The average molecular weight is 619 g/mol. The van der Waals surface area contributed by atoms with Crippen LogP contribution < -0.4 is 5.32 Å². The number of hydrogen-bond acceptors (Lipinski definition) is 3. The van der Waals surface area contributed by atoms with Gasteiger partial charge in [0, 0.05) is 6.54 Å². The quantitative estimate of drug-likeness (QED) is 0.0474. The molecule has 0 aliphatic carbocycles. The molecule has 0 rings (SSSR count). The molecule has 0 aliphatic rings. The first-order valence-corrected chi connectivity index (χ1v) is 19.0. The van der Waals surface area contributed by atoms with E-state index in [4.69, 9.17) is 17.0 Å². The fourth-order valence-corrected chi connectivity index (χ4v) is 5.73. The van der Waals surface area contributed by atoms with Gasteiger partial charge in [-0.2, -0.15) is 0 Å². The van der Waals surface area contributed by atoms with Crippen molar-refractivity contribution in [2.45, 2.75) is 175 Å². The molecule has 0 fully saturated rings. The van der Waals surface area contributed by atoms with Crippen molar-refractivity contribution in [3.63, 3.8) is 0 Å². The lowest BCUT2D eigenvalue weighted by atomic mass is 9.87. The van der Waals surface area contributed by atoms with E-state index in [1.54, 1.807) is 0 Å². The van der Waals surface area contributed by atoms with Gasteiger partial charge in [-0.1, -0.05) is 95.8 Å². The van der Waals surface area contributed by atoms with E-state index in [2.05, 4.69) is 81.5 Å². The number of nitrogens with one attached hydrogen (secondary N) is 1. The second-order valence-electron chi connectivity index (χ2n) is 12.8. The molecule has 43 heavy (non-hydrogen) atoms. The van der Waals surface area contributed by atoms with Gasteiger partial charge in [0.15, 0.2) is 0 Å². The van der Waals surface area contributed by atoms with Gasteiger partial charge in [-0.25, -0.2) is 0 Å². The summed E-state index contributed by atoms with van der Waals surface area (Å²) >= 11 is 5.74. The number of rotatable bonds is 31. The van der Waals surface area contributed by atoms with E-state index in [1.165, 1.54) is 128 Å². The molecule has 0 aromatic carbocycles. The number of unbranched alkanes of at least 4 members (excludes halogenated alkanes) is 13. The van der Waals surface area contributed by atoms with Crippen LogP contribution in [0.4, 0.5) is 0 Å². The molecule has 0 spiro atoms. The first-order valence-electron chi connectivity index (χ1n) is 18.6. The van der Waals surface area contributed by atoms with Gasteiger partial charge in [0.2, 0.25) is 0 Å². The van der Waals surface area contributed by atoms with E-state index in [9.17, 15) is 0 Å². The zero-order valence-corrected chi connectivity index (χ0v) is 30.4. The lowest BCUT2D eigenvalue weighted by Gasteiger charge is -2.28. The highest BCUT2D eigenvalue weighted by Crippen LogP contribution is 2.27. The Morgan fingerprint density at radius 1 is 0.581 bits per heavy atom. The average Bonchev–Trinajstić information content (AvgIpc) is 2.99. The van der Waals surface area contributed by atoms with Crippen LogP contribution in [0.5, 0.6) is 0 Å². The maximum absolute atomic E-state index is 6.59. The summed E-state index contributed by atoms with van der Waals surface area (Å²) in [5, 5.41) is 4.04. The summed E-state index contributed by atoms with van der Waals surface area (Å²) in [6.45, 7) is 8.85. The number of thiocarbonyl (C=S) groups is 1. The third kappa shape index (κ3) is 30.7. The zero-order valence-electron chi connectivity index (χ0n) is 29.6. The molecule has 3 nitrogen and oxygen atoms in total. The molecule has 0 bridgehead atoms. The lowest BCUT2D eigenvalue weighted by Crippen LogP contribution is -2.34. The molecule has 0 saturated carbocycles. The minimum atomic E-state index is 0.206. The van der Waals surface area contributed by atoms with Crippen LogP contribution in [0.3, 0.4) is 0 Å². The molecule has 0 aromatic rings. The van der Waals surface area contributed by atoms with Crippen molar-refractivity contribution in [3.8, 4) is 0 Å². The van der Waals surface area contributed by atoms with Crippen LogP contribution in [-0.4, -0.2) is 43.4 Å². The molecule has 0 aromatic heterocycles. The van der Waals surface area contributed by atoms with Crippen molar-refractivity contribution >= 4 is 17.4 Å². The number of allylic oxidation sites excluding steroid dienone is 6. The number of nitrogens with zero attached hydrogens (tertiary/aromatic N) is 1. The Morgan fingerprint density at radius 3 is 1.42 bits per heavy atom. The maximum Gasteiger partial charge on any atom is 0.256 e. The largest absolute Gasteiger partial charge is 0.467 e.